The summed E-state index contributed by atoms with van der Waals surface area (Å²) >= 11 is 0. The maximum Gasteiger partial charge on any atom is 0.318 e. The highest BCUT2D eigenvalue weighted by atomic mass is 16.5. The quantitative estimate of drug-likeness (QED) is 0.368. The van der Waals surface area contributed by atoms with Gasteiger partial charge >= 0.3 is 6.03 Å². The van der Waals surface area contributed by atoms with E-state index in [-0.39, 0.29) is 12.1 Å². The van der Waals surface area contributed by atoms with Crippen molar-refractivity contribution in [3.05, 3.63) is 101 Å². The van der Waals surface area contributed by atoms with Crippen LogP contribution >= 0.6 is 0 Å². The number of amides is 2. The predicted octanol–water partition coefficient (Wildman–Crippen LogP) is 5.18. The van der Waals surface area contributed by atoms with Crippen molar-refractivity contribution in [1.29, 1.82) is 0 Å². The van der Waals surface area contributed by atoms with E-state index in [9.17, 15) is 4.79 Å². The van der Waals surface area contributed by atoms with Crippen LogP contribution in [0.3, 0.4) is 0 Å². The maximum atomic E-state index is 13.7. The minimum Gasteiger partial charge on any atom is -0.385 e. The van der Waals surface area contributed by atoms with E-state index in [0.717, 1.165) is 46.9 Å². The number of methoxy groups -OCH3 is 1. The first-order chi connectivity index (χ1) is 17.6. The van der Waals surface area contributed by atoms with Gasteiger partial charge in [0.15, 0.2) is 0 Å². The number of hydrogen-bond donors (Lipinski definition) is 1. The fraction of sp³-hybridized carbons (Fsp3) is 0.310. The number of nitrogens with one attached hydrogen (secondary N) is 1. The number of ether oxygens (including phenoxy) is 1. The molecule has 3 heterocycles. The Morgan fingerprint density at radius 1 is 1.08 bits per heavy atom. The molecule has 1 aliphatic heterocycles. The molecule has 0 saturated heterocycles. The summed E-state index contributed by atoms with van der Waals surface area (Å²) in [7, 11) is 1.68. The van der Waals surface area contributed by atoms with Crippen molar-refractivity contribution < 1.29 is 9.53 Å². The molecule has 0 aliphatic carbocycles. The Morgan fingerprint density at radius 3 is 2.58 bits per heavy atom. The lowest BCUT2D eigenvalue weighted by molar-refractivity contribution is 0.174. The molecule has 0 fully saturated rings. The molecule has 1 atom stereocenters. The first kappa shape index (κ1) is 23.9. The van der Waals surface area contributed by atoms with E-state index in [1.807, 2.05) is 40.8 Å². The lowest BCUT2D eigenvalue weighted by atomic mass is 10.00. The highest BCUT2D eigenvalue weighted by molar-refractivity contribution is 5.76. The topological polar surface area (TPSA) is 64.3 Å². The van der Waals surface area contributed by atoms with E-state index < -0.39 is 0 Å². The zero-order valence-electron chi connectivity index (χ0n) is 21.1. The largest absolute Gasteiger partial charge is 0.385 e. The number of carbonyl (C=O) groups is 1. The molecule has 1 aliphatic rings. The number of hydrogen-bond acceptors (Lipinski definition) is 3. The zero-order valence-corrected chi connectivity index (χ0v) is 21.1. The van der Waals surface area contributed by atoms with Crippen LogP contribution in [-0.2, 0) is 17.7 Å². The van der Waals surface area contributed by atoms with E-state index in [2.05, 4.69) is 65.5 Å². The van der Waals surface area contributed by atoms with Gasteiger partial charge in [0, 0.05) is 32.0 Å². The Balaban J connectivity index is 1.64. The van der Waals surface area contributed by atoms with Crippen LogP contribution in [0.4, 0.5) is 4.79 Å². The Hall–Kier alpha value is -3.84. The first-order valence-corrected chi connectivity index (χ1v) is 12.6. The van der Waals surface area contributed by atoms with E-state index in [4.69, 9.17) is 9.84 Å². The SMILES string of the molecule is CCc1ccc([C@@H]2c3cccn3-c3c(c(C)nn3-c3ccccc3)CN2C(=O)NCCCOC)cc1. The average molecular weight is 484 g/mol. The van der Waals surface area contributed by atoms with Crippen molar-refractivity contribution in [2.45, 2.75) is 39.3 Å². The van der Waals surface area contributed by atoms with E-state index >= 15 is 0 Å². The molecule has 4 aromatic rings. The maximum absolute atomic E-state index is 13.7. The molecule has 2 aromatic carbocycles. The number of fused-ring (bicyclic) bond motifs is 3. The summed E-state index contributed by atoms with van der Waals surface area (Å²) in [5, 5.41) is 8.02. The lowest BCUT2D eigenvalue weighted by Gasteiger charge is -2.31. The number of rotatable bonds is 7. The van der Waals surface area contributed by atoms with E-state index in [1.165, 1.54) is 5.56 Å². The van der Waals surface area contributed by atoms with Crippen molar-refractivity contribution in [2.24, 2.45) is 0 Å². The van der Waals surface area contributed by atoms with Gasteiger partial charge in [-0.25, -0.2) is 9.48 Å². The zero-order chi connectivity index (χ0) is 25.1. The smallest absolute Gasteiger partial charge is 0.318 e. The van der Waals surface area contributed by atoms with E-state index in [0.29, 0.717) is 19.7 Å². The van der Waals surface area contributed by atoms with Crippen molar-refractivity contribution in [3.63, 3.8) is 0 Å². The van der Waals surface area contributed by atoms with Gasteiger partial charge in [0.2, 0.25) is 0 Å². The van der Waals surface area contributed by atoms with Gasteiger partial charge in [-0.15, -0.1) is 0 Å². The van der Waals surface area contributed by atoms with Crippen LogP contribution in [0.1, 0.15) is 47.5 Å². The fourth-order valence-corrected chi connectivity index (χ4v) is 4.95. The van der Waals surface area contributed by atoms with Crippen LogP contribution in [0.2, 0.25) is 0 Å². The second kappa shape index (κ2) is 10.4. The van der Waals surface area contributed by atoms with Gasteiger partial charge in [0.25, 0.3) is 0 Å². The summed E-state index contributed by atoms with van der Waals surface area (Å²) in [6.45, 7) is 5.79. The number of aromatic nitrogens is 3. The van der Waals surface area contributed by atoms with Crippen molar-refractivity contribution in [3.8, 4) is 11.5 Å². The number of aryl methyl sites for hydroxylation is 2. The molecule has 0 bridgehead atoms. The summed E-state index contributed by atoms with van der Waals surface area (Å²) in [6.07, 6.45) is 3.81. The number of urea groups is 1. The molecule has 36 heavy (non-hydrogen) atoms. The molecule has 7 nitrogen and oxygen atoms in total. The lowest BCUT2D eigenvalue weighted by Crippen LogP contribution is -2.42. The fourth-order valence-electron chi connectivity index (χ4n) is 4.95. The second-order valence-corrected chi connectivity index (χ2v) is 9.14. The first-order valence-electron chi connectivity index (χ1n) is 12.6. The molecule has 2 amide bonds. The van der Waals surface area contributed by atoms with Gasteiger partial charge in [-0.1, -0.05) is 49.4 Å². The van der Waals surface area contributed by atoms with Gasteiger partial charge in [0.1, 0.15) is 5.82 Å². The van der Waals surface area contributed by atoms with E-state index in [1.54, 1.807) is 7.11 Å². The summed E-state index contributed by atoms with van der Waals surface area (Å²) < 4.78 is 9.35. The molecule has 0 spiro atoms. The molecular formula is C29H33N5O2. The monoisotopic (exact) mass is 483 g/mol. The Labute approximate surface area is 212 Å². The van der Waals surface area contributed by atoms with Crippen LogP contribution in [0.15, 0.2) is 72.9 Å². The molecular weight excluding hydrogens is 450 g/mol. The summed E-state index contributed by atoms with van der Waals surface area (Å²) in [5.41, 5.74) is 6.33. The van der Waals surface area contributed by atoms with Crippen LogP contribution < -0.4 is 5.32 Å². The van der Waals surface area contributed by atoms with Gasteiger partial charge < -0.3 is 19.5 Å². The van der Waals surface area contributed by atoms with Gasteiger partial charge in [-0.3, -0.25) is 0 Å². The molecule has 0 radical (unpaired) electrons. The Bertz CT molecular complexity index is 1320. The Kier molecular flexibility index (Phi) is 6.91. The standard InChI is InChI=1S/C29H33N5O2/c1-4-22-13-15-23(16-14-22)27-26-12-8-18-32(26)28-25(20-33(27)29(35)30-17-9-19-36-3)21(2)31-34(28)24-10-6-5-7-11-24/h5-8,10-16,18,27H,4,9,17,19-20H2,1-3H3,(H,30,35)/t27-/m1/s1. The Morgan fingerprint density at radius 2 is 1.86 bits per heavy atom. The molecule has 0 saturated carbocycles. The predicted molar refractivity (Wildman–Crippen MR) is 141 cm³/mol. The number of benzene rings is 2. The summed E-state index contributed by atoms with van der Waals surface area (Å²) in [5.74, 6) is 0.976. The number of para-hydroxylation sites is 1. The molecule has 0 unspecified atom stereocenters. The summed E-state index contributed by atoms with van der Waals surface area (Å²) in [4.78, 5) is 15.6. The second-order valence-electron chi connectivity index (χ2n) is 9.14. The number of nitrogens with zero attached hydrogens (tertiary/aromatic N) is 4. The minimum atomic E-state index is -0.246. The van der Waals surface area contributed by atoms with Crippen molar-refractivity contribution >= 4 is 6.03 Å². The molecule has 5 rings (SSSR count). The van der Waals surface area contributed by atoms with Gasteiger partial charge in [-0.05, 0) is 55.2 Å². The third-order valence-electron chi connectivity index (χ3n) is 6.85. The molecule has 1 N–H and O–H groups in total. The molecule has 186 valence electrons. The van der Waals surface area contributed by atoms with Gasteiger partial charge in [-0.2, -0.15) is 5.10 Å². The summed E-state index contributed by atoms with van der Waals surface area (Å²) in [6, 6.07) is 22.6. The van der Waals surface area contributed by atoms with Crippen LogP contribution in [-0.4, -0.2) is 45.5 Å². The minimum absolute atomic E-state index is 0.0943. The third-order valence-corrected chi connectivity index (χ3v) is 6.85. The average Bonchev–Trinajstić information content (AvgIpc) is 3.47. The van der Waals surface area contributed by atoms with Crippen LogP contribution in [0.25, 0.3) is 11.5 Å². The number of carbonyl (C=O) groups excluding carboxylic acids is 1. The van der Waals surface area contributed by atoms with Crippen LogP contribution in [0, 0.1) is 6.92 Å². The highest BCUT2D eigenvalue weighted by Crippen LogP contribution is 2.38. The normalized spacial score (nSPS) is 14.8. The van der Waals surface area contributed by atoms with Gasteiger partial charge in [0.05, 0.1) is 29.7 Å². The molecule has 2 aromatic heterocycles. The van der Waals surface area contributed by atoms with Crippen molar-refractivity contribution in [1.82, 2.24) is 24.6 Å². The third kappa shape index (κ3) is 4.42. The van der Waals surface area contributed by atoms with Crippen LogP contribution in [0.5, 0.6) is 0 Å². The van der Waals surface area contributed by atoms with Crippen molar-refractivity contribution in [2.75, 3.05) is 20.3 Å². The highest BCUT2D eigenvalue weighted by Gasteiger charge is 2.35. The molecule has 7 heteroatoms.